The van der Waals surface area contributed by atoms with Gasteiger partial charge in [-0.25, -0.2) is 9.50 Å². The maximum absolute atomic E-state index is 10.6. The van der Waals surface area contributed by atoms with Crippen LogP contribution in [0.2, 0.25) is 0 Å². The van der Waals surface area contributed by atoms with E-state index in [4.69, 9.17) is 41.7 Å². The fourth-order valence-corrected chi connectivity index (χ4v) is 7.64. The molecule has 15 nitrogen and oxygen atoms in total. The van der Waals surface area contributed by atoms with Crippen LogP contribution in [0.25, 0.3) is 5.52 Å². The third kappa shape index (κ3) is 6.29. The van der Waals surface area contributed by atoms with Gasteiger partial charge in [0.2, 0.25) is 0 Å². The Kier molecular flexibility index (Phi) is 8.87. The van der Waals surface area contributed by atoms with Crippen molar-refractivity contribution in [1.29, 1.82) is 0 Å². The minimum absolute atomic E-state index is 0.132. The van der Waals surface area contributed by atoms with Crippen LogP contribution >= 0.6 is 24.5 Å². The molecule has 186 valence electrons. The van der Waals surface area contributed by atoms with Gasteiger partial charge in [-0.3, -0.25) is 0 Å². The summed E-state index contributed by atoms with van der Waals surface area (Å²) in [7, 11) is -8.15. The highest BCUT2D eigenvalue weighted by molar-refractivity contribution is 7.74. The number of rotatable bonds is 12. The van der Waals surface area contributed by atoms with Gasteiger partial charge in [0.05, 0.1) is 48.9 Å². The first kappa shape index (κ1) is 26.9. The van der Waals surface area contributed by atoms with Crippen molar-refractivity contribution in [3.8, 4) is 0 Å². The molecule has 1 saturated heterocycles. The van der Waals surface area contributed by atoms with Gasteiger partial charge in [-0.15, -0.1) is 4.52 Å². The smallest absolute Gasteiger partial charge is 0.382 e. The molecule has 0 aliphatic carbocycles. The number of nitrogens with zero attached hydrogens (tertiary/aromatic N) is 3. The van der Waals surface area contributed by atoms with E-state index in [1.807, 2.05) is 6.07 Å². The molecule has 33 heavy (non-hydrogen) atoms. The minimum Gasteiger partial charge on any atom is -0.382 e. The Balaban J connectivity index is 1.62. The van der Waals surface area contributed by atoms with Gasteiger partial charge >= 0.3 is 24.5 Å². The maximum atomic E-state index is 10.6. The molecule has 0 saturated carbocycles. The van der Waals surface area contributed by atoms with Crippen LogP contribution in [0.15, 0.2) is 18.5 Å². The normalized spacial score (nSPS) is 23.0. The largest absolute Gasteiger partial charge is 0.669 e. The molecule has 4 atom stereocenters. The third-order valence-electron chi connectivity index (χ3n) is 4.71. The van der Waals surface area contributed by atoms with Crippen molar-refractivity contribution in [3.05, 3.63) is 24.2 Å². The molecule has 0 spiro atoms. The highest BCUT2D eigenvalue weighted by atomic mass is 31.3. The van der Waals surface area contributed by atoms with E-state index in [0.717, 1.165) is 34.1 Å². The van der Waals surface area contributed by atoms with Gasteiger partial charge in [0.15, 0.2) is 5.82 Å². The predicted octanol–water partition coefficient (Wildman–Crippen LogP) is 2.18. The monoisotopic (exact) mass is 533 g/mol. The number of ether oxygens (including phenoxy) is 1. The average Bonchev–Trinajstić information content (AvgIpc) is 3.45. The second-order valence-electron chi connectivity index (χ2n) is 6.62. The van der Waals surface area contributed by atoms with Gasteiger partial charge in [-0.1, -0.05) is 0 Å². The van der Waals surface area contributed by atoms with Crippen LogP contribution < -0.4 is 5.73 Å². The number of hydrogen-bond donors (Lipinski definition) is 4. The summed E-state index contributed by atoms with van der Waals surface area (Å²) in [6.07, 6.45) is 1.90. The summed E-state index contributed by atoms with van der Waals surface area (Å²) in [5, 5.41) is 4.21. The van der Waals surface area contributed by atoms with Crippen molar-refractivity contribution >= 4 is 35.8 Å². The highest BCUT2D eigenvalue weighted by Crippen LogP contribution is 2.81. The zero-order valence-corrected chi connectivity index (χ0v) is 21.1. The topological polar surface area (TPSA) is 191 Å². The van der Waals surface area contributed by atoms with E-state index in [-0.39, 0.29) is 12.7 Å². The molecule has 2 aromatic rings. The molecule has 2 aromatic heterocycles. The summed E-state index contributed by atoms with van der Waals surface area (Å²) in [6, 6.07) is 3.66. The van der Waals surface area contributed by atoms with Crippen molar-refractivity contribution in [2.45, 2.75) is 25.0 Å². The molecule has 0 bridgehead atoms. The number of anilines is 1. The zero-order valence-electron chi connectivity index (χ0n) is 18.4. The molecule has 0 radical (unpaired) electrons. The fourth-order valence-electron chi connectivity index (χ4n) is 3.03. The maximum Gasteiger partial charge on any atom is 0.669 e. The van der Waals surface area contributed by atoms with Crippen LogP contribution in [0.1, 0.15) is 24.6 Å². The molecule has 1 aliphatic rings. The Morgan fingerprint density at radius 2 is 1.64 bits per heavy atom. The molecule has 4 unspecified atom stereocenters. The van der Waals surface area contributed by atoms with Gasteiger partial charge in [-0.05, 0) is 25.0 Å². The first-order chi connectivity index (χ1) is 15.6. The van der Waals surface area contributed by atoms with E-state index in [1.165, 1.54) is 6.33 Å². The third-order valence-corrected chi connectivity index (χ3v) is 10.3. The standard InChI is InChI=1S/C15H28N4O11P3/c1-23-31(20,24-2)29-33(22,26-4)30-32(21,25-3)27-9-11-5-8-14(28-11)12-6-7-13-15(16)17-10-18-19(12)13/h6-7,10-11,14,20-22H,5,8-9H2,1-4H3,(H2,16,17,18)/q+3. The summed E-state index contributed by atoms with van der Waals surface area (Å²) >= 11 is 0. The Hall–Kier alpha value is -0.730. The number of hydrogen-bond acceptors (Lipinski definition) is 14. The lowest BCUT2D eigenvalue weighted by Gasteiger charge is -2.17. The van der Waals surface area contributed by atoms with E-state index in [9.17, 15) is 14.7 Å². The SMILES string of the molecule is CO[P+](O)(OC)O[P+](O)(OC)O[P+](O)(OC)OCC1CCC(c2ccc3c(N)ncnn23)O1. The number of fused-ring (bicyclic) bond motifs is 1. The van der Waals surface area contributed by atoms with Crippen LogP contribution in [0.3, 0.4) is 0 Å². The average molecular weight is 533 g/mol. The quantitative estimate of drug-likeness (QED) is 0.290. The summed E-state index contributed by atoms with van der Waals surface area (Å²) in [5.41, 5.74) is 7.34. The molecular formula is C15H28N4O11P3+3. The summed E-state index contributed by atoms with van der Waals surface area (Å²) in [4.78, 5) is 35.1. The van der Waals surface area contributed by atoms with Crippen LogP contribution in [0.4, 0.5) is 5.82 Å². The number of nitrogen functional groups attached to an aromatic ring is 1. The van der Waals surface area contributed by atoms with E-state index in [2.05, 4.69) is 10.1 Å². The molecule has 0 aromatic carbocycles. The van der Waals surface area contributed by atoms with E-state index < -0.39 is 30.6 Å². The Morgan fingerprint density at radius 3 is 2.27 bits per heavy atom. The van der Waals surface area contributed by atoms with Crippen molar-refractivity contribution in [2.75, 3.05) is 40.8 Å². The lowest BCUT2D eigenvalue weighted by atomic mass is 10.1. The lowest BCUT2D eigenvalue weighted by Crippen LogP contribution is -2.18. The Labute approximate surface area is 191 Å². The highest BCUT2D eigenvalue weighted by Gasteiger charge is 2.73. The lowest BCUT2D eigenvalue weighted by molar-refractivity contribution is -0.0000437. The molecule has 1 aliphatic heterocycles. The molecule has 3 heterocycles. The van der Waals surface area contributed by atoms with Crippen LogP contribution in [0, 0.1) is 0 Å². The first-order valence-electron chi connectivity index (χ1n) is 9.49. The van der Waals surface area contributed by atoms with Crippen molar-refractivity contribution in [3.63, 3.8) is 0 Å². The second-order valence-corrected chi connectivity index (χ2v) is 12.5. The predicted molar refractivity (Wildman–Crippen MR) is 118 cm³/mol. The van der Waals surface area contributed by atoms with Crippen molar-refractivity contribution < 1.29 is 50.7 Å². The summed E-state index contributed by atoms with van der Waals surface area (Å²) < 4.78 is 42.3. The Bertz CT molecular complexity index is 938. The van der Waals surface area contributed by atoms with Gasteiger partial charge in [0.1, 0.15) is 24.6 Å². The van der Waals surface area contributed by atoms with Crippen molar-refractivity contribution in [2.24, 2.45) is 0 Å². The molecule has 0 amide bonds. The fraction of sp³-hybridized carbons (Fsp3) is 0.600. The van der Waals surface area contributed by atoms with Crippen LogP contribution in [-0.4, -0.2) is 70.4 Å². The Morgan fingerprint density at radius 1 is 1.00 bits per heavy atom. The van der Waals surface area contributed by atoms with E-state index >= 15 is 0 Å². The van der Waals surface area contributed by atoms with Gasteiger partial charge in [-0.2, -0.15) is 37.9 Å². The number of nitrogens with two attached hydrogens (primary N) is 1. The van der Waals surface area contributed by atoms with Gasteiger partial charge in [0.25, 0.3) is 0 Å². The summed E-state index contributed by atoms with van der Waals surface area (Å²) in [6.45, 7) is -0.132. The number of aromatic nitrogens is 3. The minimum atomic E-state index is -4.36. The first-order valence-corrected chi connectivity index (χ1v) is 14.0. The molecule has 18 heteroatoms. The molecule has 1 fully saturated rings. The van der Waals surface area contributed by atoms with Gasteiger partial charge < -0.3 is 10.5 Å². The second kappa shape index (κ2) is 10.9. The summed E-state index contributed by atoms with van der Waals surface area (Å²) in [5.74, 6) is 0.355. The molecule has 3 rings (SSSR count). The van der Waals surface area contributed by atoms with Crippen LogP contribution in [0.5, 0.6) is 0 Å². The van der Waals surface area contributed by atoms with E-state index in [1.54, 1.807) is 10.6 Å². The molecule has 5 N–H and O–H groups in total. The molecular weight excluding hydrogens is 505 g/mol. The van der Waals surface area contributed by atoms with Crippen molar-refractivity contribution in [1.82, 2.24) is 14.6 Å². The zero-order chi connectivity index (χ0) is 24.3. The van der Waals surface area contributed by atoms with Gasteiger partial charge in [0, 0.05) is 0 Å². The van der Waals surface area contributed by atoms with E-state index in [0.29, 0.717) is 24.2 Å². The van der Waals surface area contributed by atoms with Crippen LogP contribution in [-0.2, 0) is 36.0 Å².